The minimum atomic E-state index is -0.491. The van der Waals surface area contributed by atoms with Gasteiger partial charge in [0.05, 0.1) is 19.3 Å². The molecule has 0 aliphatic rings. The van der Waals surface area contributed by atoms with Crippen molar-refractivity contribution in [3.05, 3.63) is 58.1 Å². The van der Waals surface area contributed by atoms with Gasteiger partial charge in [-0.1, -0.05) is 15.9 Å². The van der Waals surface area contributed by atoms with Gasteiger partial charge in [0.1, 0.15) is 18.1 Å². The monoisotopic (exact) mass is 481 g/mol. The van der Waals surface area contributed by atoms with Crippen LogP contribution in [0.2, 0.25) is 0 Å². The molecule has 2 amide bonds. The van der Waals surface area contributed by atoms with Crippen LogP contribution in [0.5, 0.6) is 11.5 Å². The van der Waals surface area contributed by atoms with E-state index in [2.05, 4.69) is 32.1 Å². The van der Waals surface area contributed by atoms with Gasteiger partial charge >= 0.3 is 0 Å². The lowest BCUT2D eigenvalue weighted by atomic mass is 10.2. The van der Waals surface area contributed by atoms with Crippen LogP contribution < -0.4 is 25.6 Å². The maximum Gasteiger partial charge on any atom is 0.269 e. The summed E-state index contributed by atoms with van der Waals surface area (Å²) in [4.78, 5) is 24.7. The largest absolute Gasteiger partial charge is 0.497 e. The van der Waals surface area contributed by atoms with Gasteiger partial charge in [-0.05, 0) is 54.7 Å². The Bertz CT molecular complexity index is 877. The second-order valence-electron chi connectivity index (χ2n) is 5.57. The van der Waals surface area contributed by atoms with Crippen molar-refractivity contribution < 1.29 is 23.8 Å². The van der Waals surface area contributed by atoms with Gasteiger partial charge in [-0.25, -0.2) is 0 Å². The Morgan fingerprint density at radius 2 is 1.72 bits per heavy atom. The average Bonchev–Trinajstić information content (AvgIpc) is 2.73. The second kappa shape index (κ2) is 11.3. The summed E-state index contributed by atoms with van der Waals surface area (Å²) in [5, 5.41) is 2.42. The van der Waals surface area contributed by atoms with E-state index in [-0.39, 0.29) is 10.7 Å². The minimum Gasteiger partial charge on any atom is -0.497 e. The first-order valence-electron chi connectivity index (χ1n) is 8.41. The topological polar surface area (TPSA) is 97.9 Å². The van der Waals surface area contributed by atoms with Crippen molar-refractivity contribution in [1.82, 2.24) is 16.2 Å². The third-order valence-electron chi connectivity index (χ3n) is 3.60. The summed E-state index contributed by atoms with van der Waals surface area (Å²) in [7, 11) is 3.10. The molecular formula is C19H20BrN3O5S. The summed E-state index contributed by atoms with van der Waals surface area (Å²) in [6.45, 7) is 0.674. The number of amides is 2. The summed E-state index contributed by atoms with van der Waals surface area (Å²) in [6.07, 6.45) is 0. The van der Waals surface area contributed by atoms with E-state index in [0.717, 1.165) is 0 Å². The summed E-state index contributed by atoms with van der Waals surface area (Å²) in [5.74, 6) is 0.105. The number of carbonyl (C=O) groups excluding carboxylic acids is 2. The molecule has 0 aliphatic carbocycles. The fourth-order valence-electron chi connectivity index (χ4n) is 2.17. The van der Waals surface area contributed by atoms with E-state index < -0.39 is 11.8 Å². The summed E-state index contributed by atoms with van der Waals surface area (Å²) < 4.78 is 16.3. The number of halogens is 1. The molecule has 0 aromatic heterocycles. The van der Waals surface area contributed by atoms with Crippen molar-refractivity contribution in [2.45, 2.75) is 0 Å². The number of methoxy groups -OCH3 is 2. The molecule has 0 saturated heterocycles. The smallest absolute Gasteiger partial charge is 0.269 e. The zero-order chi connectivity index (χ0) is 21.2. The van der Waals surface area contributed by atoms with Crippen molar-refractivity contribution >= 4 is 45.1 Å². The van der Waals surface area contributed by atoms with Crippen LogP contribution >= 0.6 is 28.1 Å². The molecule has 29 heavy (non-hydrogen) atoms. The first kappa shape index (κ1) is 22.6. The molecule has 2 rings (SSSR count). The number of hydrogen-bond acceptors (Lipinski definition) is 6. The Morgan fingerprint density at radius 3 is 2.38 bits per heavy atom. The van der Waals surface area contributed by atoms with Gasteiger partial charge in [-0.2, -0.15) is 0 Å². The predicted molar refractivity (Wildman–Crippen MR) is 115 cm³/mol. The zero-order valence-electron chi connectivity index (χ0n) is 15.8. The third kappa shape index (κ3) is 7.00. The number of benzene rings is 2. The molecule has 2 aromatic rings. The van der Waals surface area contributed by atoms with Crippen LogP contribution in [0.4, 0.5) is 0 Å². The van der Waals surface area contributed by atoms with Crippen LogP contribution in [0.1, 0.15) is 20.7 Å². The minimum absolute atomic E-state index is 0.0697. The van der Waals surface area contributed by atoms with Crippen molar-refractivity contribution in [3.63, 3.8) is 0 Å². The maximum atomic E-state index is 12.5. The zero-order valence-corrected chi connectivity index (χ0v) is 18.2. The Morgan fingerprint density at radius 1 is 1.00 bits per heavy atom. The third-order valence-corrected chi connectivity index (χ3v) is 4.30. The summed E-state index contributed by atoms with van der Waals surface area (Å²) in [6, 6.07) is 11.5. The Kier molecular flexibility index (Phi) is 8.84. The van der Waals surface area contributed by atoms with Crippen molar-refractivity contribution in [3.8, 4) is 11.5 Å². The molecule has 3 N–H and O–H groups in total. The van der Waals surface area contributed by atoms with Crippen LogP contribution in [0, 0.1) is 0 Å². The van der Waals surface area contributed by atoms with Crippen molar-refractivity contribution in [1.29, 1.82) is 0 Å². The van der Waals surface area contributed by atoms with Gasteiger partial charge < -0.3 is 14.2 Å². The molecule has 0 atom stereocenters. The molecule has 0 unspecified atom stereocenters. The average molecular weight is 482 g/mol. The van der Waals surface area contributed by atoms with Gasteiger partial charge in [-0.15, -0.1) is 0 Å². The number of nitrogens with one attached hydrogen (secondary N) is 3. The number of carbonyl (C=O) groups is 2. The summed E-state index contributed by atoms with van der Waals surface area (Å²) >= 11 is 8.39. The van der Waals surface area contributed by atoms with E-state index in [1.165, 1.54) is 7.11 Å². The molecule has 0 fully saturated rings. The van der Waals surface area contributed by atoms with E-state index >= 15 is 0 Å². The number of thiocarbonyl (C=S) groups is 1. The van der Waals surface area contributed by atoms with Crippen LogP contribution in [-0.4, -0.2) is 44.4 Å². The van der Waals surface area contributed by atoms with Gasteiger partial charge in [-0.3, -0.25) is 25.8 Å². The van der Waals surface area contributed by atoms with Gasteiger partial charge in [0.2, 0.25) is 0 Å². The first-order chi connectivity index (χ1) is 13.9. The number of ether oxygens (including phenoxy) is 3. The standard InChI is InChI=1S/C19H20BrN3O5S/c1-26-9-10-28-16-8-5-13(20)11-15(16)18(25)21-19(29)23-22-17(24)12-3-6-14(27-2)7-4-12/h3-8,11H,9-10H2,1-2H3,(H,22,24)(H2,21,23,25,29). The lowest BCUT2D eigenvalue weighted by Gasteiger charge is -2.14. The number of hydrogen-bond donors (Lipinski definition) is 3. The van der Waals surface area contributed by atoms with Crippen molar-refractivity contribution in [2.75, 3.05) is 27.4 Å². The molecule has 8 nitrogen and oxygen atoms in total. The molecular weight excluding hydrogens is 462 g/mol. The fraction of sp³-hybridized carbons (Fsp3) is 0.211. The Hall–Kier alpha value is -2.69. The number of hydrazine groups is 1. The van der Waals surface area contributed by atoms with E-state index in [1.807, 2.05) is 0 Å². The maximum absolute atomic E-state index is 12.5. The number of rotatable bonds is 7. The van der Waals surface area contributed by atoms with Crippen molar-refractivity contribution in [2.24, 2.45) is 0 Å². The Labute approximate surface area is 182 Å². The first-order valence-corrected chi connectivity index (χ1v) is 9.61. The lowest BCUT2D eigenvalue weighted by Crippen LogP contribution is -2.48. The molecule has 154 valence electrons. The van der Waals surface area contributed by atoms with Crippen LogP contribution in [0.25, 0.3) is 0 Å². The quantitative estimate of drug-likeness (QED) is 0.317. The Balaban J connectivity index is 1.93. The molecule has 0 heterocycles. The highest BCUT2D eigenvalue weighted by Crippen LogP contribution is 2.23. The van der Waals surface area contributed by atoms with Gasteiger partial charge in [0.15, 0.2) is 5.11 Å². The molecule has 2 aromatic carbocycles. The predicted octanol–water partition coefficient (Wildman–Crippen LogP) is 2.43. The molecule has 0 radical (unpaired) electrons. The highest BCUT2D eigenvalue weighted by Gasteiger charge is 2.15. The van der Waals surface area contributed by atoms with E-state index in [4.69, 9.17) is 26.4 Å². The van der Waals surface area contributed by atoms with Gasteiger partial charge in [0, 0.05) is 17.1 Å². The molecule has 0 spiro atoms. The van der Waals surface area contributed by atoms with E-state index in [0.29, 0.717) is 34.7 Å². The van der Waals surface area contributed by atoms with Crippen LogP contribution in [-0.2, 0) is 4.74 Å². The SMILES string of the molecule is COCCOc1ccc(Br)cc1C(=O)NC(=S)NNC(=O)c1ccc(OC)cc1. The fourth-order valence-corrected chi connectivity index (χ4v) is 2.68. The van der Waals surface area contributed by atoms with Gasteiger partial charge in [0.25, 0.3) is 11.8 Å². The lowest BCUT2D eigenvalue weighted by molar-refractivity contribution is 0.0933. The second-order valence-corrected chi connectivity index (χ2v) is 6.90. The molecule has 10 heteroatoms. The molecule has 0 bridgehead atoms. The van der Waals surface area contributed by atoms with Crippen LogP contribution in [0.15, 0.2) is 46.9 Å². The highest BCUT2D eigenvalue weighted by molar-refractivity contribution is 9.10. The normalized spacial score (nSPS) is 10.0. The van der Waals surface area contributed by atoms with E-state index in [1.54, 1.807) is 49.6 Å². The van der Waals surface area contributed by atoms with Crippen LogP contribution in [0.3, 0.4) is 0 Å². The molecule has 0 aliphatic heterocycles. The van der Waals surface area contributed by atoms with E-state index in [9.17, 15) is 9.59 Å². The molecule has 0 saturated carbocycles. The summed E-state index contributed by atoms with van der Waals surface area (Å²) in [5.41, 5.74) is 5.59. The highest BCUT2D eigenvalue weighted by atomic mass is 79.9.